The molecule has 1 amide bonds. The largest absolute Gasteiger partial charge is 0.493 e. The SMILES string of the molecule is COc1ccc(C(=O)Nc2nn(Cc3ccccc3Cl)cc2Cl)cc1OC. The summed E-state index contributed by atoms with van der Waals surface area (Å²) in [5.74, 6) is 0.904. The van der Waals surface area contributed by atoms with Crippen LogP contribution in [0.2, 0.25) is 10.0 Å². The summed E-state index contributed by atoms with van der Waals surface area (Å²) >= 11 is 12.4. The second kappa shape index (κ2) is 8.33. The van der Waals surface area contributed by atoms with Gasteiger partial charge < -0.3 is 14.8 Å². The molecule has 8 heteroatoms. The summed E-state index contributed by atoms with van der Waals surface area (Å²) in [6, 6.07) is 12.3. The Bertz CT molecular complexity index is 973. The predicted octanol–water partition coefficient (Wildman–Crippen LogP) is 4.51. The maximum absolute atomic E-state index is 12.5. The molecule has 0 fully saturated rings. The highest BCUT2D eigenvalue weighted by molar-refractivity contribution is 6.33. The van der Waals surface area contributed by atoms with E-state index in [1.165, 1.54) is 14.2 Å². The number of nitrogens with zero attached hydrogens (tertiary/aromatic N) is 2. The second-order valence-corrected chi connectivity index (χ2v) is 6.45. The quantitative estimate of drug-likeness (QED) is 0.655. The lowest BCUT2D eigenvalue weighted by Gasteiger charge is -2.09. The Morgan fingerprint density at radius 1 is 1.07 bits per heavy atom. The molecule has 0 aliphatic rings. The number of aromatic nitrogens is 2. The Labute approximate surface area is 166 Å². The van der Waals surface area contributed by atoms with Crippen LogP contribution >= 0.6 is 23.2 Å². The number of nitrogens with one attached hydrogen (secondary N) is 1. The van der Waals surface area contributed by atoms with E-state index in [1.807, 2.05) is 24.3 Å². The van der Waals surface area contributed by atoms with Gasteiger partial charge in [-0.1, -0.05) is 41.4 Å². The van der Waals surface area contributed by atoms with Crippen LogP contribution in [-0.2, 0) is 6.54 Å². The molecule has 0 aliphatic carbocycles. The number of hydrogen-bond donors (Lipinski definition) is 1. The molecular formula is C19H17Cl2N3O3. The van der Waals surface area contributed by atoms with Crippen molar-refractivity contribution in [2.45, 2.75) is 6.54 Å². The monoisotopic (exact) mass is 405 g/mol. The van der Waals surface area contributed by atoms with E-state index in [0.29, 0.717) is 33.7 Å². The number of carbonyl (C=O) groups is 1. The van der Waals surface area contributed by atoms with Crippen molar-refractivity contribution in [3.8, 4) is 11.5 Å². The van der Waals surface area contributed by atoms with E-state index >= 15 is 0 Å². The molecule has 1 aromatic heterocycles. The van der Waals surface area contributed by atoms with Crippen LogP contribution in [0.25, 0.3) is 0 Å². The lowest BCUT2D eigenvalue weighted by molar-refractivity contribution is 0.102. The van der Waals surface area contributed by atoms with Crippen molar-refractivity contribution in [3.05, 3.63) is 69.8 Å². The number of methoxy groups -OCH3 is 2. The molecule has 3 aromatic rings. The number of carbonyl (C=O) groups excluding carboxylic acids is 1. The number of hydrogen-bond acceptors (Lipinski definition) is 4. The van der Waals surface area contributed by atoms with E-state index in [0.717, 1.165) is 5.56 Å². The minimum absolute atomic E-state index is 0.267. The van der Waals surface area contributed by atoms with Gasteiger partial charge in [0, 0.05) is 16.8 Å². The van der Waals surface area contributed by atoms with Crippen LogP contribution in [0, 0.1) is 0 Å². The Kier molecular flexibility index (Phi) is 5.88. The van der Waals surface area contributed by atoms with Gasteiger partial charge >= 0.3 is 0 Å². The third-order valence-corrected chi connectivity index (χ3v) is 4.53. The van der Waals surface area contributed by atoms with Crippen LogP contribution in [0.4, 0.5) is 5.82 Å². The highest BCUT2D eigenvalue weighted by Crippen LogP contribution is 2.28. The Morgan fingerprint density at radius 3 is 2.52 bits per heavy atom. The Balaban J connectivity index is 1.77. The molecule has 0 unspecified atom stereocenters. The van der Waals surface area contributed by atoms with Gasteiger partial charge in [0.25, 0.3) is 5.91 Å². The van der Waals surface area contributed by atoms with Gasteiger partial charge in [-0.15, -0.1) is 0 Å². The summed E-state index contributed by atoms with van der Waals surface area (Å²) in [4.78, 5) is 12.5. The van der Waals surface area contributed by atoms with Gasteiger partial charge in [0.2, 0.25) is 0 Å². The van der Waals surface area contributed by atoms with E-state index in [9.17, 15) is 4.79 Å². The smallest absolute Gasteiger partial charge is 0.257 e. The minimum atomic E-state index is -0.360. The molecule has 27 heavy (non-hydrogen) atoms. The molecule has 6 nitrogen and oxygen atoms in total. The van der Waals surface area contributed by atoms with Crippen LogP contribution in [0.3, 0.4) is 0 Å². The molecule has 0 atom stereocenters. The van der Waals surface area contributed by atoms with Crippen molar-refractivity contribution in [1.29, 1.82) is 0 Å². The summed E-state index contributed by atoms with van der Waals surface area (Å²) in [5, 5.41) is 8.00. The van der Waals surface area contributed by atoms with E-state index < -0.39 is 0 Å². The van der Waals surface area contributed by atoms with Gasteiger partial charge in [-0.2, -0.15) is 5.10 Å². The minimum Gasteiger partial charge on any atom is -0.493 e. The maximum atomic E-state index is 12.5. The number of anilines is 1. The predicted molar refractivity (Wildman–Crippen MR) is 105 cm³/mol. The fraction of sp³-hybridized carbons (Fsp3) is 0.158. The van der Waals surface area contributed by atoms with E-state index in [-0.39, 0.29) is 11.7 Å². The van der Waals surface area contributed by atoms with Crippen molar-refractivity contribution in [2.24, 2.45) is 0 Å². The molecule has 3 rings (SSSR count). The zero-order chi connectivity index (χ0) is 19.4. The first-order chi connectivity index (χ1) is 13.0. The normalized spacial score (nSPS) is 10.5. The molecule has 0 saturated heterocycles. The molecule has 0 saturated carbocycles. The first-order valence-electron chi connectivity index (χ1n) is 8.01. The van der Waals surface area contributed by atoms with Crippen molar-refractivity contribution < 1.29 is 14.3 Å². The van der Waals surface area contributed by atoms with Gasteiger partial charge in [-0.05, 0) is 29.8 Å². The fourth-order valence-electron chi connectivity index (χ4n) is 2.52. The molecule has 0 bridgehead atoms. The van der Waals surface area contributed by atoms with Crippen LogP contribution < -0.4 is 14.8 Å². The number of benzene rings is 2. The van der Waals surface area contributed by atoms with Crippen molar-refractivity contribution in [1.82, 2.24) is 9.78 Å². The average molecular weight is 406 g/mol. The zero-order valence-electron chi connectivity index (χ0n) is 14.7. The highest BCUT2D eigenvalue weighted by atomic mass is 35.5. The summed E-state index contributed by atoms with van der Waals surface area (Å²) in [5.41, 5.74) is 1.29. The van der Waals surface area contributed by atoms with Crippen LogP contribution in [0.5, 0.6) is 11.5 Å². The third kappa shape index (κ3) is 4.35. The molecule has 0 radical (unpaired) electrons. The second-order valence-electron chi connectivity index (χ2n) is 5.64. The molecule has 0 aliphatic heterocycles. The Hall–Kier alpha value is -2.70. The third-order valence-electron chi connectivity index (χ3n) is 3.88. The number of ether oxygens (including phenoxy) is 2. The summed E-state index contributed by atoms with van der Waals surface area (Å²) < 4.78 is 12.0. The molecule has 140 valence electrons. The number of amides is 1. The summed E-state index contributed by atoms with van der Waals surface area (Å²) in [7, 11) is 3.04. The zero-order valence-corrected chi connectivity index (χ0v) is 16.2. The van der Waals surface area contributed by atoms with Crippen molar-refractivity contribution >= 4 is 34.9 Å². The molecular weight excluding hydrogens is 389 g/mol. The first-order valence-corrected chi connectivity index (χ1v) is 8.77. The number of halogens is 2. The van der Waals surface area contributed by atoms with Crippen LogP contribution in [0.15, 0.2) is 48.7 Å². The fourth-order valence-corrected chi connectivity index (χ4v) is 2.91. The lowest BCUT2D eigenvalue weighted by atomic mass is 10.2. The highest BCUT2D eigenvalue weighted by Gasteiger charge is 2.15. The first kappa shape index (κ1) is 19.1. The van der Waals surface area contributed by atoms with Gasteiger partial charge in [0.1, 0.15) is 5.02 Å². The van der Waals surface area contributed by atoms with E-state index in [4.69, 9.17) is 32.7 Å². The number of rotatable bonds is 6. The average Bonchev–Trinajstić information content (AvgIpc) is 3.01. The van der Waals surface area contributed by atoms with E-state index in [1.54, 1.807) is 29.1 Å². The van der Waals surface area contributed by atoms with Gasteiger partial charge in [-0.3, -0.25) is 9.48 Å². The lowest BCUT2D eigenvalue weighted by Crippen LogP contribution is -2.13. The van der Waals surface area contributed by atoms with Gasteiger partial charge in [-0.25, -0.2) is 0 Å². The topological polar surface area (TPSA) is 65.4 Å². The van der Waals surface area contributed by atoms with Gasteiger partial charge in [0.15, 0.2) is 17.3 Å². The van der Waals surface area contributed by atoms with Crippen LogP contribution in [0.1, 0.15) is 15.9 Å². The Morgan fingerprint density at radius 2 is 1.81 bits per heavy atom. The molecule has 1 N–H and O–H groups in total. The standard InChI is InChI=1S/C19H17Cl2N3O3/c1-26-16-8-7-12(9-17(16)27-2)19(25)22-18-15(21)11-24(23-18)10-13-5-3-4-6-14(13)20/h3-9,11H,10H2,1-2H3,(H,22,23,25). The summed E-state index contributed by atoms with van der Waals surface area (Å²) in [6.07, 6.45) is 1.63. The van der Waals surface area contributed by atoms with Crippen LogP contribution in [-0.4, -0.2) is 29.9 Å². The maximum Gasteiger partial charge on any atom is 0.257 e. The van der Waals surface area contributed by atoms with Crippen molar-refractivity contribution in [3.63, 3.8) is 0 Å². The molecule has 2 aromatic carbocycles. The summed E-state index contributed by atoms with van der Waals surface area (Å²) in [6.45, 7) is 0.436. The van der Waals surface area contributed by atoms with E-state index in [2.05, 4.69) is 10.4 Å². The van der Waals surface area contributed by atoms with Gasteiger partial charge in [0.05, 0.1) is 20.8 Å². The van der Waals surface area contributed by atoms with Crippen molar-refractivity contribution in [2.75, 3.05) is 19.5 Å². The molecule has 0 spiro atoms. The molecule has 1 heterocycles.